The van der Waals surface area contributed by atoms with Gasteiger partial charge in [-0.2, -0.15) is 0 Å². The van der Waals surface area contributed by atoms with E-state index in [-0.39, 0.29) is 5.56 Å². The second-order valence-corrected chi connectivity index (χ2v) is 6.75. The Hall–Kier alpha value is -1.55. The van der Waals surface area contributed by atoms with Crippen LogP contribution < -0.4 is 24.7 Å². The first-order valence-electron chi connectivity index (χ1n) is 7.76. The summed E-state index contributed by atoms with van der Waals surface area (Å²) in [7, 11) is 1.30. The van der Waals surface area contributed by atoms with Crippen molar-refractivity contribution in [1.82, 2.24) is 4.57 Å². The summed E-state index contributed by atoms with van der Waals surface area (Å²) in [4.78, 5) is 31.7. The number of carbonyl (C=O) groups is 1. The van der Waals surface area contributed by atoms with E-state index in [1.54, 1.807) is 9.47 Å². The smallest absolute Gasteiger partial charge is 0.332 e. The highest BCUT2D eigenvalue weighted by molar-refractivity contribution is 7.07. The molecular formula is C14H22N4O4S+2. The van der Waals surface area contributed by atoms with Gasteiger partial charge in [0.15, 0.2) is 18.1 Å². The number of carbonyl (C=O) groups excluding carboxylic acids is 1. The van der Waals surface area contributed by atoms with Crippen molar-refractivity contribution in [3.8, 4) is 0 Å². The molecule has 8 nitrogen and oxygen atoms in total. The molecule has 1 saturated heterocycles. The SMILES string of the molecule is COC(=O)/C=c1\sc2n(c1=O)C[NH+](CC[NH+]1CCOCC1)CN=2. The van der Waals surface area contributed by atoms with Crippen LogP contribution in [0, 0.1) is 0 Å². The Balaban J connectivity index is 1.67. The molecule has 126 valence electrons. The van der Waals surface area contributed by atoms with Crippen molar-refractivity contribution in [2.75, 3.05) is 53.2 Å². The third-order valence-electron chi connectivity index (χ3n) is 4.19. The number of morpholine rings is 1. The molecule has 1 atom stereocenters. The largest absolute Gasteiger partial charge is 0.466 e. The third kappa shape index (κ3) is 3.86. The molecule has 9 heteroatoms. The fourth-order valence-corrected chi connectivity index (χ4v) is 3.74. The standard InChI is InChI=1S/C14H20N4O4S/c1-21-12(19)8-11-13(20)18-10-17(9-15-14(18)23-11)3-2-16-4-6-22-7-5-16/h8H,2-7,9-10H2,1H3/p+2/b11-8-. The van der Waals surface area contributed by atoms with E-state index in [0.29, 0.717) is 22.7 Å². The molecule has 1 aromatic rings. The third-order valence-corrected chi connectivity index (χ3v) is 5.23. The molecule has 0 amide bonds. The number of hydrogen-bond donors (Lipinski definition) is 2. The zero-order valence-corrected chi connectivity index (χ0v) is 14.0. The minimum absolute atomic E-state index is 0.157. The number of esters is 1. The van der Waals surface area contributed by atoms with Gasteiger partial charge in [0, 0.05) is 6.08 Å². The molecule has 2 N–H and O–H groups in total. The van der Waals surface area contributed by atoms with E-state index in [1.807, 2.05) is 0 Å². The minimum atomic E-state index is -0.513. The molecule has 23 heavy (non-hydrogen) atoms. The molecule has 0 saturated carbocycles. The summed E-state index contributed by atoms with van der Waals surface area (Å²) in [6.45, 7) is 7.05. The molecule has 0 radical (unpaired) electrons. The van der Waals surface area contributed by atoms with Gasteiger partial charge in [0.1, 0.15) is 30.7 Å². The summed E-state index contributed by atoms with van der Waals surface area (Å²) in [6.07, 6.45) is 1.24. The van der Waals surface area contributed by atoms with Gasteiger partial charge in [-0.05, 0) is 0 Å². The zero-order valence-electron chi connectivity index (χ0n) is 13.2. The molecular weight excluding hydrogens is 320 g/mol. The van der Waals surface area contributed by atoms with Crippen molar-refractivity contribution in [3.05, 3.63) is 19.7 Å². The van der Waals surface area contributed by atoms with Crippen LogP contribution in [0.3, 0.4) is 0 Å². The molecule has 1 unspecified atom stereocenters. The van der Waals surface area contributed by atoms with Crippen LogP contribution in [0.1, 0.15) is 0 Å². The van der Waals surface area contributed by atoms with E-state index >= 15 is 0 Å². The quantitative estimate of drug-likeness (QED) is 0.539. The number of ether oxygens (including phenoxy) is 2. The summed E-state index contributed by atoms with van der Waals surface area (Å²) in [5.74, 6) is -0.513. The Morgan fingerprint density at radius 3 is 2.87 bits per heavy atom. The summed E-state index contributed by atoms with van der Waals surface area (Å²) in [5.41, 5.74) is -0.157. The molecule has 3 heterocycles. The van der Waals surface area contributed by atoms with Crippen molar-refractivity contribution in [3.63, 3.8) is 0 Å². The van der Waals surface area contributed by atoms with Crippen LogP contribution >= 0.6 is 11.3 Å². The van der Waals surface area contributed by atoms with Gasteiger partial charge in [-0.15, -0.1) is 0 Å². The monoisotopic (exact) mass is 342 g/mol. The molecule has 0 spiro atoms. The van der Waals surface area contributed by atoms with Crippen LogP contribution in [0.4, 0.5) is 0 Å². The Kier molecular flexibility index (Phi) is 5.21. The van der Waals surface area contributed by atoms with Crippen molar-refractivity contribution in [1.29, 1.82) is 0 Å². The highest BCUT2D eigenvalue weighted by Gasteiger charge is 2.21. The molecule has 0 bridgehead atoms. The number of thiazole rings is 1. The first-order valence-corrected chi connectivity index (χ1v) is 8.57. The van der Waals surface area contributed by atoms with Crippen molar-refractivity contribution < 1.29 is 24.1 Å². The predicted molar refractivity (Wildman–Crippen MR) is 82.9 cm³/mol. The molecule has 1 fully saturated rings. The van der Waals surface area contributed by atoms with Crippen LogP contribution in [0.25, 0.3) is 6.08 Å². The number of nitrogens with zero attached hydrogens (tertiary/aromatic N) is 2. The lowest BCUT2D eigenvalue weighted by atomic mass is 10.4. The van der Waals surface area contributed by atoms with E-state index in [2.05, 4.69) is 9.73 Å². The number of aromatic nitrogens is 1. The van der Waals surface area contributed by atoms with Crippen LogP contribution in [-0.4, -0.2) is 63.7 Å². The van der Waals surface area contributed by atoms with Gasteiger partial charge >= 0.3 is 5.97 Å². The van der Waals surface area contributed by atoms with Crippen molar-refractivity contribution >= 4 is 23.4 Å². The lowest BCUT2D eigenvalue weighted by Gasteiger charge is -2.26. The van der Waals surface area contributed by atoms with Gasteiger partial charge in [-0.3, -0.25) is 9.69 Å². The summed E-state index contributed by atoms with van der Waals surface area (Å²) < 4.78 is 12.0. The van der Waals surface area contributed by atoms with Gasteiger partial charge in [-0.1, -0.05) is 11.3 Å². The second-order valence-electron chi connectivity index (χ2n) is 5.74. The van der Waals surface area contributed by atoms with Crippen molar-refractivity contribution in [2.45, 2.75) is 6.67 Å². The maximum atomic E-state index is 12.4. The van der Waals surface area contributed by atoms with E-state index < -0.39 is 5.97 Å². The molecule has 3 rings (SSSR count). The number of fused-ring (bicyclic) bond motifs is 1. The molecule has 0 aliphatic carbocycles. The topological polar surface area (TPSA) is 78.8 Å². The predicted octanol–water partition coefficient (Wildman–Crippen LogP) is -4.79. The summed E-state index contributed by atoms with van der Waals surface area (Å²) >= 11 is 1.25. The summed E-state index contributed by atoms with van der Waals surface area (Å²) in [6, 6.07) is 0. The Morgan fingerprint density at radius 1 is 1.39 bits per heavy atom. The average Bonchev–Trinajstić information content (AvgIpc) is 2.89. The van der Waals surface area contributed by atoms with Gasteiger partial charge in [0.25, 0.3) is 5.56 Å². The van der Waals surface area contributed by atoms with Crippen LogP contribution in [0.5, 0.6) is 0 Å². The number of methoxy groups -OCH3 is 1. The molecule has 2 aliphatic heterocycles. The van der Waals surface area contributed by atoms with Crippen LogP contribution in [0.15, 0.2) is 9.79 Å². The van der Waals surface area contributed by atoms with Gasteiger partial charge < -0.3 is 14.4 Å². The molecule has 1 aromatic heterocycles. The summed E-state index contributed by atoms with van der Waals surface area (Å²) in [5, 5.41) is 0. The van der Waals surface area contributed by atoms with Crippen LogP contribution in [-0.2, 0) is 20.9 Å². The van der Waals surface area contributed by atoms with Crippen LogP contribution in [0.2, 0.25) is 0 Å². The molecule has 0 aromatic carbocycles. The van der Waals surface area contributed by atoms with Gasteiger partial charge in [-0.25, -0.2) is 14.4 Å². The number of rotatable bonds is 4. The van der Waals surface area contributed by atoms with E-state index in [1.165, 1.54) is 29.4 Å². The Bertz CT molecular complexity index is 735. The first-order chi connectivity index (χ1) is 11.2. The average molecular weight is 342 g/mol. The van der Waals surface area contributed by atoms with Gasteiger partial charge in [0.2, 0.25) is 0 Å². The highest BCUT2D eigenvalue weighted by Crippen LogP contribution is 1.81. The Morgan fingerprint density at radius 2 is 2.13 bits per heavy atom. The maximum absolute atomic E-state index is 12.4. The van der Waals surface area contributed by atoms with E-state index in [4.69, 9.17) is 4.74 Å². The first kappa shape index (κ1) is 16.3. The number of quaternary nitrogens is 2. The van der Waals surface area contributed by atoms with E-state index in [9.17, 15) is 9.59 Å². The second kappa shape index (κ2) is 7.35. The number of nitrogens with one attached hydrogen (secondary N) is 2. The minimum Gasteiger partial charge on any atom is -0.466 e. The Labute approximate surface area is 137 Å². The van der Waals surface area contributed by atoms with Crippen molar-refractivity contribution in [2.24, 2.45) is 4.99 Å². The fraction of sp³-hybridized carbons (Fsp3) is 0.643. The maximum Gasteiger partial charge on any atom is 0.332 e. The van der Waals surface area contributed by atoms with E-state index in [0.717, 1.165) is 39.4 Å². The fourth-order valence-electron chi connectivity index (χ4n) is 2.81. The zero-order chi connectivity index (χ0) is 16.2. The lowest BCUT2D eigenvalue weighted by molar-refractivity contribution is -0.973. The van der Waals surface area contributed by atoms with Gasteiger partial charge in [0.05, 0.1) is 20.3 Å². The highest BCUT2D eigenvalue weighted by atomic mass is 32.1. The lowest BCUT2D eigenvalue weighted by Crippen LogP contribution is -3.21. The normalized spacial score (nSPS) is 22.5. The molecule has 2 aliphatic rings. The number of hydrogen-bond acceptors (Lipinski definition) is 6.